The van der Waals surface area contributed by atoms with Crippen LogP contribution in [0.1, 0.15) is 13.8 Å². The fourth-order valence-electron chi connectivity index (χ4n) is 0.648. The van der Waals surface area contributed by atoms with Gasteiger partial charge in [-0.15, -0.1) is 25.8 Å². The first-order valence-corrected chi connectivity index (χ1v) is 4.47. The van der Waals surface area contributed by atoms with Gasteiger partial charge in [0, 0.05) is 4.90 Å². The SMILES string of the molecule is CC.FC(F)(F)Oc1ccc(S)cc1. The van der Waals surface area contributed by atoms with Gasteiger partial charge in [0.1, 0.15) is 5.75 Å². The van der Waals surface area contributed by atoms with Crippen molar-refractivity contribution in [1.29, 1.82) is 0 Å². The molecule has 0 fully saturated rings. The number of hydrogen-bond acceptors (Lipinski definition) is 2. The van der Waals surface area contributed by atoms with Crippen molar-refractivity contribution in [2.24, 2.45) is 0 Å². The molecule has 1 nitrogen and oxygen atoms in total. The Labute approximate surface area is 86.3 Å². The van der Waals surface area contributed by atoms with Crippen LogP contribution in [0.5, 0.6) is 5.75 Å². The van der Waals surface area contributed by atoms with E-state index in [4.69, 9.17) is 0 Å². The third-order valence-electron chi connectivity index (χ3n) is 1.07. The number of thiol groups is 1. The van der Waals surface area contributed by atoms with Crippen LogP contribution in [0.25, 0.3) is 0 Å². The molecule has 80 valence electrons. The minimum Gasteiger partial charge on any atom is -0.406 e. The summed E-state index contributed by atoms with van der Waals surface area (Å²) in [6, 6.07) is 5.25. The first-order chi connectivity index (χ1) is 6.47. The fraction of sp³-hybridized carbons (Fsp3) is 0.333. The van der Waals surface area contributed by atoms with Crippen LogP contribution in [0.2, 0.25) is 0 Å². The maximum absolute atomic E-state index is 11.6. The van der Waals surface area contributed by atoms with E-state index in [2.05, 4.69) is 17.4 Å². The van der Waals surface area contributed by atoms with Gasteiger partial charge < -0.3 is 4.74 Å². The molecule has 0 saturated heterocycles. The molecule has 0 aliphatic heterocycles. The van der Waals surface area contributed by atoms with Gasteiger partial charge in [-0.25, -0.2) is 0 Å². The molecule has 0 radical (unpaired) electrons. The van der Waals surface area contributed by atoms with Crippen molar-refractivity contribution >= 4 is 12.6 Å². The molecule has 0 unspecified atom stereocenters. The molecule has 14 heavy (non-hydrogen) atoms. The van der Waals surface area contributed by atoms with Crippen molar-refractivity contribution in [1.82, 2.24) is 0 Å². The van der Waals surface area contributed by atoms with Crippen LogP contribution >= 0.6 is 12.6 Å². The van der Waals surface area contributed by atoms with Gasteiger partial charge in [0.15, 0.2) is 0 Å². The Morgan fingerprint density at radius 1 is 1.07 bits per heavy atom. The zero-order valence-electron chi connectivity index (χ0n) is 7.80. The summed E-state index contributed by atoms with van der Waals surface area (Å²) in [5.74, 6) is -0.236. The number of hydrogen-bond donors (Lipinski definition) is 1. The average molecular weight is 224 g/mol. The molecule has 0 N–H and O–H groups in total. The number of alkyl halides is 3. The molecule has 0 amide bonds. The standard InChI is InChI=1S/C7H5F3OS.C2H6/c8-7(9,10)11-5-1-3-6(12)4-2-5;1-2/h1-4,12H;1-2H3. The van der Waals surface area contributed by atoms with Crippen LogP contribution in [0.3, 0.4) is 0 Å². The third-order valence-corrected chi connectivity index (χ3v) is 1.37. The second-order valence-electron chi connectivity index (χ2n) is 2.04. The first kappa shape index (κ1) is 13.2. The van der Waals surface area contributed by atoms with Gasteiger partial charge in [0.25, 0.3) is 0 Å². The number of ether oxygens (including phenoxy) is 1. The number of halogens is 3. The quantitative estimate of drug-likeness (QED) is 0.712. The Morgan fingerprint density at radius 2 is 1.50 bits per heavy atom. The van der Waals surface area contributed by atoms with Crippen LogP contribution in [-0.2, 0) is 0 Å². The van der Waals surface area contributed by atoms with Gasteiger partial charge in [-0.1, -0.05) is 13.8 Å². The predicted molar refractivity (Wildman–Crippen MR) is 51.7 cm³/mol. The summed E-state index contributed by atoms with van der Waals surface area (Å²) < 4.78 is 38.4. The van der Waals surface area contributed by atoms with E-state index in [9.17, 15) is 13.2 Å². The van der Waals surface area contributed by atoms with E-state index < -0.39 is 6.36 Å². The summed E-state index contributed by atoms with van der Waals surface area (Å²) in [4.78, 5) is 0.588. The molecule has 1 aromatic carbocycles. The zero-order valence-corrected chi connectivity index (χ0v) is 8.69. The van der Waals surface area contributed by atoms with Crippen molar-refractivity contribution < 1.29 is 17.9 Å². The molecule has 5 heteroatoms. The highest BCUT2D eigenvalue weighted by molar-refractivity contribution is 7.80. The molecule has 0 aliphatic carbocycles. The Balaban J connectivity index is 0.000000791. The maximum atomic E-state index is 11.6. The van der Waals surface area contributed by atoms with E-state index in [1.165, 1.54) is 24.3 Å². The van der Waals surface area contributed by atoms with Crippen molar-refractivity contribution in [3.63, 3.8) is 0 Å². The van der Waals surface area contributed by atoms with Crippen molar-refractivity contribution in [3.05, 3.63) is 24.3 Å². The van der Waals surface area contributed by atoms with Crippen LogP contribution in [-0.4, -0.2) is 6.36 Å². The van der Waals surface area contributed by atoms with E-state index in [1.54, 1.807) is 0 Å². The molecular formula is C9H11F3OS. The molecular weight excluding hydrogens is 213 g/mol. The molecule has 0 aliphatic rings. The highest BCUT2D eigenvalue weighted by Gasteiger charge is 2.30. The van der Waals surface area contributed by atoms with E-state index in [0.29, 0.717) is 4.90 Å². The van der Waals surface area contributed by atoms with Crippen LogP contribution in [0, 0.1) is 0 Å². The minimum absolute atomic E-state index is 0.236. The summed E-state index contributed by atoms with van der Waals surface area (Å²) in [7, 11) is 0. The molecule has 0 aromatic heterocycles. The van der Waals surface area contributed by atoms with E-state index >= 15 is 0 Å². The lowest BCUT2D eigenvalue weighted by Gasteiger charge is -2.07. The lowest BCUT2D eigenvalue weighted by molar-refractivity contribution is -0.274. The minimum atomic E-state index is -4.63. The van der Waals surface area contributed by atoms with Gasteiger partial charge >= 0.3 is 6.36 Å². The molecule has 0 atom stereocenters. The maximum Gasteiger partial charge on any atom is 0.573 e. The van der Waals surface area contributed by atoms with E-state index in [0.717, 1.165) is 0 Å². The lowest BCUT2D eigenvalue weighted by atomic mass is 10.3. The highest BCUT2D eigenvalue weighted by atomic mass is 32.1. The van der Waals surface area contributed by atoms with Gasteiger partial charge in [-0.2, -0.15) is 0 Å². The highest BCUT2D eigenvalue weighted by Crippen LogP contribution is 2.23. The summed E-state index contributed by atoms with van der Waals surface area (Å²) in [6.45, 7) is 4.00. The normalized spacial score (nSPS) is 10.1. The predicted octanol–water partition coefficient (Wildman–Crippen LogP) is 3.90. The summed E-state index contributed by atoms with van der Waals surface area (Å²) in [5.41, 5.74) is 0. The monoisotopic (exact) mass is 224 g/mol. The van der Waals surface area contributed by atoms with Crippen molar-refractivity contribution in [2.45, 2.75) is 25.1 Å². The lowest BCUT2D eigenvalue weighted by Crippen LogP contribution is -2.16. The van der Waals surface area contributed by atoms with Gasteiger partial charge in [-0.05, 0) is 24.3 Å². The largest absolute Gasteiger partial charge is 0.573 e. The molecule has 0 saturated carbocycles. The molecule has 0 heterocycles. The summed E-state index contributed by atoms with van der Waals surface area (Å²) in [5, 5.41) is 0. The number of benzene rings is 1. The molecule has 1 aromatic rings. The zero-order chi connectivity index (χ0) is 11.2. The molecule has 0 spiro atoms. The van der Waals surface area contributed by atoms with Crippen LogP contribution in [0.15, 0.2) is 29.2 Å². The average Bonchev–Trinajstić information content (AvgIpc) is 2.10. The van der Waals surface area contributed by atoms with Crippen LogP contribution in [0.4, 0.5) is 13.2 Å². The summed E-state index contributed by atoms with van der Waals surface area (Å²) in [6.07, 6.45) is -4.63. The molecule has 1 rings (SSSR count). The molecule has 0 bridgehead atoms. The Morgan fingerprint density at radius 3 is 1.86 bits per heavy atom. The van der Waals surface area contributed by atoms with Gasteiger partial charge in [0.2, 0.25) is 0 Å². The van der Waals surface area contributed by atoms with E-state index in [-0.39, 0.29) is 5.75 Å². The van der Waals surface area contributed by atoms with Crippen LogP contribution < -0.4 is 4.74 Å². The topological polar surface area (TPSA) is 9.23 Å². The summed E-state index contributed by atoms with van der Waals surface area (Å²) >= 11 is 3.91. The number of rotatable bonds is 1. The van der Waals surface area contributed by atoms with Crippen molar-refractivity contribution in [3.8, 4) is 5.75 Å². The fourth-order valence-corrected chi connectivity index (χ4v) is 0.797. The van der Waals surface area contributed by atoms with Crippen molar-refractivity contribution in [2.75, 3.05) is 0 Å². The first-order valence-electron chi connectivity index (χ1n) is 4.02. The van der Waals surface area contributed by atoms with E-state index in [1.807, 2.05) is 13.8 Å². The second kappa shape index (κ2) is 5.80. The Bertz CT molecular complexity index is 256. The van der Waals surface area contributed by atoms with Gasteiger partial charge in [-0.3, -0.25) is 0 Å². The van der Waals surface area contributed by atoms with Gasteiger partial charge in [0.05, 0.1) is 0 Å². The Kier molecular flexibility index (Phi) is 5.45. The Hall–Kier alpha value is -0.840. The second-order valence-corrected chi connectivity index (χ2v) is 2.56. The smallest absolute Gasteiger partial charge is 0.406 e. The third kappa shape index (κ3) is 5.75.